The van der Waals surface area contributed by atoms with Gasteiger partial charge in [0.25, 0.3) is 5.91 Å². The van der Waals surface area contributed by atoms with Gasteiger partial charge in [0.2, 0.25) is 0 Å². The summed E-state index contributed by atoms with van der Waals surface area (Å²) in [6, 6.07) is 9.00. The number of carbonyl (C=O) groups is 1. The van der Waals surface area contributed by atoms with Crippen molar-refractivity contribution in [1.29, 1.82) is 0 Å². The molecule has 3 nitrogen and oxygen atoms in total. The molecule has 0 bridgehead atoms. The van der Waals surface area contributed by atoms with E-state index in [1.54, 1.807) is 12.1 Å². The predicted molar refractivity (Wildman–Crippen MR) is 76.1 cm³/mol. The largest absolute Gasteiger partial charge is 0.333 e. The van der Waals surface area contributed by atoms with Gasteiger partial charge < -0.3 is 5.32 Å². The molecular weight excluding hydrogens is 244 g/mol. The first kappa shape index (κ1) is 12.5. The summed E-state index contributed by atoms with van der Waals surface area (Å²) in [6.45, 7) is 0. The van der Waals surface area contributed by atoms with E-state index >= 15 is 0 Å². The highest BCUT2D eigenvalue weighted by Crippen LogP contribution is 2.06. The van der Waals surface area contributed by atoms with Crippen LogP contribution in [-0.4, -0.2) is 11.0 Å². The van der Waals surface area contributed by atoms with E-state index in [0.29, 0.717) is 10.7 Å². The Hall–Kier alpha value is -1.94. The second-order valence-electron chi connectivity index (χ2n) is 3.91. The van der Waals surface area contributed by atoms with Crippen LogP contribution in [0.4, 0.5) is 0 Å². The third-order valence-electron chi connectivity index (χ3n) is 2.52. The van der Waals surface area contributed by atoms with Crippen molar-refractivity contribution in [2.45, 2.75) is 12.8 Å². The summed E-state index contributed by atoms with van der Waals surface area (Å²) in [5, 5.41) is 5.96. The van der Waals surface area contributed by atoms with E-state index in [0.717, 1.165) is 18.5 Å². The summed E-state index contributed by atoms with van der Waals surface area (Å²) in [5.74, 6) is -0.200. The average molecular weight is 258 g/mol. The fourth-order valence-electron chi connectivity index (χ4n) is 1.63. The minimum absolute atomic E-state index is 0.200. The third kappa shape index (κ3) is 3.53. The SMILES string of the molecule is O=C(NC(=S)NC1=CCCC=C1)c1ccccc1. The number of benzene rings is 1. The van der Waals surface area contributed by atoms with Crippen LogP contribution in [0.5, 0.6) is 0 Å². The zero-order chi connectivity index (χ0) is 12.8. The molecule has 0 unspecified atom stereocenters. The van der Waals surface area contributed by atoms with Gasteiger partial charge in [-0.15, -0.1) is 0 Å². The Kier molecular flexibility index (Phi) is 4.25. The van der Waals surface area contributed by atoms with Gasteiger partial charge in [-0.2, -0.15) is 0 Å². The second-order valence-corrected chi connectivity index (χ2v) is 4.32. The lowest BCUT2D eigenvalue weighted by molar-refractivity contribution is 0.0977. The smallest absolute Gasteiger partial charge is 0.257 e. The molecule has 92 valence electrons. The lowest BCUT2D eigenvalue weighted by Gasteiger charge is -2.12. The molecule has 1 aromatic rings. The first-order valence-corrected chi connectivity index (χ1v) is 6.20. The predicted octanol–water partition coefficient (Wildman–Crippen LogP) is 2.52. The molecule has 0 aromatic heterocycles. The van der Waals surface area contributed by atoms with E-state index in [-0.39, 0.29) is 5.91 Å². The molecule has 4 heteroatoms. The fraction of sp³-hybridized carbons (Fsp3) is 0.143. The molecule has 0 saturated carbocycles. The summed E-state index contributed by atoms with van der Waals surface area (Å²) in [5.41, 5.74) is 1.52. The van der Waals surface area contributed by atoms with Gasteiger partial charge in [-0.05, 0) is 43.3 Å². The van der Waals surface area contributed by atoms with Crippen molar-refractivity contribution in [2.75, 3.05) is 0 Å². The highest BCUT2D eigenvalue weighted by molar-refractivity contribution is 7.80. The maximum Gasteiger partial charge on any atom is 0.257 e. The maximum atomic E-state index is 11.8. The number of allylic oxidation sites excluding steroid dienone is 3. The van der Waals surface area contributed by atoms with Gasteiger partial charge in [0.05, 0.1) is 0 Å². The van der Waals surface area contributed by atoms with Crippen LogP contribution in [0.3, 0.4) is 0 Å². The van der Waals surface area contributed by atoms with E-state index in [9.17, 15) is 4.79 Å². The van der Waals surface area contributed by atoms with Gasteiger partial charge in [0.15, 0.2) is 5.11 Å². The van der Waals surface area contributed by atoms with Crippen LogP contribution in [0.15, 0.2) is 54.3 Å². The van der Waals surface area contributed by atoms with Gasteiger partial charge >= 0.3 is 0 Å². The van der Waals surface area contributed by atoms with Crippen molar-refractivity contribution >= 4 is 23.2 Å². The van der Waals surface area contributed by atoms with Crippen molar-refractivity contribution in [3.8, 4) is 0 Å². The van der Waals surface area contributed by atoms with Gasteiger partial charge in [-0.1, -0.05) is 30.4 Å². The quantitative estimate of drug-likeness (QED) is 0.801. The Balaban J connectivity index is 1.90. The molecule has 0 radical (unpaired) electrons. The van der Waals surface area contributed by atoms with Crippen molar-refractivity contribution in [3.63, 3.8) is 0 Å². The van der Waals surface area contributed by atoms with E-state index in [4.69, 9.17) is 12.2 Å². The standard InChI is InChI=1S/C14H14N2OS/c17-13(11-7-3-1-4-8-11)16-14(18)15-12-9-5-2-6-10-12/h1,3-5,7-10H,2,6H2,(H2,15,16,17,18). The summed E-state index contributed by atoms with van der Waals surface area (Å²) < 4.78 is 0. The highest BCUT2D eigenvalue weighted by atomic mass is 32.1. The van der Waals surface area contributed by atoms with Gasteiger partial charge in [0, 0.05) is 11.3 Å². The molecule has 1 aromatic carbocycles. The number of rotatable bonds is 2. The average Bonchev–Trinajstić information content (AvgIpc) is 2.40. The van der Waals surface area contributed by atoms with E-state index in [1.807, 2.05) is 24.3 Å². The van der Waals surface area contributed by atoms with Crippen LogP contribution in [0.1, 0.15) is 23.2 Å². The van der Waals surface area contributed by atoms with Gasteiger partial charge in [-0.25, -0.2) is 0 Å². The number of hydrogen-bond donors (Lipinski definition) is 2. The fourth-order valence-corrected chi connectivity index (χ4v) is 1.84. The number of nitrogens with one attached hydrogen (secondary N) is 2. The van der Waals surface area contributed by atoms with Gasteiger partial charge in [-0.3, -0.25) is 10.1 Å². The molecule has 1 amide bonds. The molecule has 2 N–H and O–H groups in total. The summed E-state index contributed by atoms with van der Waals surface area (Å²) in [6.07, 6.45) is 8.14. The normalized spacial score (nSPS) is 13.7. The lowest BCUT2D eigenvalue weighted by atomic mass is 10.1. The Bertz CT molecular complexity index is 506. The Morgan fingerprint density at radius 3 is 2.61 bits per heavy atom. The molecule has 2 rings (SSSR count). The van der Waals surface area contributed by atoms with E-state index in [1.165, 1.54) is 0 Å². The van der Waals surface area contributed by atoms with Crippen molar-refractivity contribution in [1.82, 2.24) is 10.6 Å². The molecule has 18 heavy (non-hydrogen) atoms. The van der Waals surface area contributed by atoms with Crippen LogP contribution < -0.4 is 10.6 Å². The molecule has 0 aliphatic heterocycles. The third-order valence-corrected chi connectivity index (χ3v) is 2.72. The minimum atomic E-state index is -0.200. The summed E-state index contributed by atoms with van der Waals surface area (Å²) >= 11 is 5.09. The number of amides is 1. The zero-order valence-electron chi connectivity index (χ0n) is 9.85. The van der Waals surface area contributed by atoms with E-state index in [2.05, 4.69) is 22.8 Å². The van der Waals surface area contributed by atoms with Crippen molar-refractivity contribution < 1.29 is 4.79 Å². The van der Waals surface area contributed by atoms with Crippen molar-refractivity contribution in [2.24, 2.45) is 0 Å². The first-order chi connectivity index (χ1) is 8.75. The van der Waals surface area contributed by atoms with Crippen molar-refractivity contribution in [3.05, 3.63) is 59.8 Å². The van der Waals surface area contributed by atoms with Crippen LogP contribution in [-0.2, 0) is 0 Å². The number of hydrogen-bond acceptors (Lipinski definition) is 2. The molecule has 1 aliphatic carbocycles. The van der Waals surface area contributed by atoms with Crippen LogP contribution >= 0.6 is 12.2 Å². The monoisotopic (exact) mass is 258 g/mol. The summed E-state index contributed by atoms with van der Waals surface area (Å²) in [7, 11) is 0. The topological polar surface area (TPSA) is 41.1 Å². The molecule has 0 saturated heterocycles. The van der Waals surface area contributed by atoms with Crippen LogP contribution in [0.2, 0.25) is 0 Å². The molecular formula is C14H14N2OS. The molecule has 0 fully saturated rings. The number of carbonyl (C=O) groups excluding carboxylic acids is 1. The minimum Gasteiger partial charge on any atom is -0.333 e. The Labute approximate surface area is 112 Å². The van der Waals surface area contributed by atoms with E-state index < -0.39 is 0 Å². The lowest BCUT2D eigenvalue weighted by Crippen LogP contribution is -2.38. The summed E-state index contributed by atoms with van der Waals surface area (Å²) in [4.78, 5) is 11.8. The molecule has 0 spiro atoms. The van der Waals surface area contributed by atoms with Crippen LogP contribution in [0, 0.1) is 0 Å². The Morgan fingerprint density at radius 1 is 1.17 bits per heavy atom. The molecule has 0 heterocycles. The molecule has 1 aliphatic rings. The molecule has 0 atom stereocenters. The van der Waals surface area contributed by atoms with Gasteiger partial charge in [0.1, 0.15) is 0 Å². The second kappa shape index (κ2) is 6.12. The first-order valence-electron chi connectivity index (χ1n) is 5.80. The number of thiocarbonyl (C=S) groups is 1. The Morgan fingerprint density at radius 2 is 1.94 bits per heavy atom. The van der Waals surface area contributed by atoms with Crippen LogP contribution in [0.25, 0.3) is 0 Å². The maximum absolute atomic E-state index is 11.8. The zero-order valence-corrected chi connectivity index (χ0v) is 10.7. The highest BCUT2D eigenvalue weighted by Gasteiger charge is 2.07.